The van der Waals surface area contributed by atoms with Gasteiger partial charge in [0, 0.05) is 17.5 Å². The zero-order valence-electron chi connectivity index (χ0n) is 13.2. The lowest BCUT2D eigenvalue weighted by Crippen LogP contribution is -2.19. The van der Waals surface area contributed by atoms with Crippen LogP contribution in [-0.2, 0) is 6.42 Å². The molecule has 3 aromatic rings. The van der Waals surface area contributed by atoms with Gasteiger partial charge >= 0.3 is 0 Å². The maximum Gasteiger partial charge on any atom is 0.163 e. The molecule has 4 rings (SSSR count). The van der Waals surface area contributed by atoms with Crippen LogP contribution in [0, 0.1) is 12.3 Å². The van der Waals surface area contributed by atoms with E-state index in [2.05, 4.69) is 15.9 Å². The van der Waals surface area contributed by atoms with Gasteiger partial charge in [-0.2, -0.15) is 0 Å². The fourth-order valence-corrected chi connectivity index (χ4v) is 4.29. The van der Waals surface area contributed by atoms with Crippen molar-refractivity contribution >= 4 is 40.0 Å². The minimum atomic E-state index is -0.315. The SMILES string of the molecule is C#CCc1ccnc2c1C(c1cccs1)=NC(c1cccs1)C(N)=N2. The molecule has 6 heteroatoms. The Hall–Kier alpha value is -2.75. The first-order valence-electron chi connectivity index (χ1n) is 7.68. The number of pyridine rings is 1. The van der Waals surface area contributed by atoms with Crippen molar-refractivity contribution in [1.29, 1.82) is 0 Å². The monoisotopic (exact) mass is 362 g/mol. The van der Waals surface area contributed by atoms with Gasteiger partial charge in [0.2, 0.25) is 0 Å². The summed E-state index contributed by atoms with van der Waals surface area (Å²) in [5.74, 6) is 3.74. The molecule has 0 bridgehead atoms. The second-order valence-corrected chi connectivity index (χ2v) is 7.39. The van der Waals surface area contributed by atoms with Gasteiger partial charge in [-0.25, -0.2) is 9.98 Å². The molecule has 0 aliphatic carbocycles. The summed E-state index contributed by atoms with van der Waals surface area (Å²) in [4.78, 5) is 16.1. The van der Waals surface area contributed by atoms with E-state index < -0.39 is 0 Å². The van der Waals surface area contributed by atoms with Crippen LogP contribution in [0.25, 0.3) is 0 Å². The minimum absolute atomic E-state index is 0.315. The molecule has 0 amide bonds. The Bertz CT molecular complexity index is 993. The Balaban J connectivity index is 1.99. The lowest BCUT2D eigenvalue weighted by Gasteiger charge is -2.12. The highest BCUT2D eigenvalue weighted by molar-refractivity contribution is 7.12. The highest BCUT2D eigenvalue weighted by Gasteiger charge is 2.26. The molecule has 122 valence electrons. The molecule has 1 unspecified atom stereocenters. The summed E-state index contributed by atoms with van der Waals surface area (Å²) in [5.41, 5.74) is 9.02. The van der Waals surface area contributed by atoms with Crippen LogP contribution < -0.4 is 5.73 Å². The van der Waals surface area contributed by atoms with Crippen LogP contribution in [0.5, 0.6) is 0 Å². The van der Waals surface area contributed by atoms with Crippen molar-refractivity contribution in [3.63, 3.8) is 0 Å². The summed E-state index contributed by atoms with van der Waals surface area (Å²) >= 11 is 3.25. The number of hydrogen-bond acceptors (Lipinski definition) is 6. The third-order valence-corrected chi connectivity index (χ3v) is 5.69. The van der Waals surface area contributed by atoms with Gasteiger partial charge in [-0.15, -0.1) is 35.0 Å². The van der Waals surface area contributed by atoms with Crippen molar-refractivity contribution in [3.05, 3.63) is 68.2 Å². The zero-order valence-corrected chi connectivity index (χ0v) is 14.8. The van der Waals surface area contributed by atoms with E-state index in [-0.39, 0.29) is 6.04 Å². The van der Waals surface area contributed by atoms with Crippen molar-refractivity contribution in [1.82, 2.24) is 4.98 Å². The van der Waals surface area contributed by atoms with Crippen molar-refractivity contribution in [3.8, 4) is 12.3 Å². The van der Waals surface area contributed by atoms with E-state index in [0.29, 0.717) is 18.1 Å². The van der Waals surface area contributed by atoms with Crippen LogP contribution in [0.1, 0.15) is 26.9 Å². The topological polar surface area (TPSA) is 63.6 Å². The van der Waals surface area contributed by atoms with E-state index in [4.69, 9.17) is 17.1 Å². The number of hydrogen-bond donors (Lipinski definition) is 1. The average Bonchev–Trinajstić information content (AvgIpc) is 3.29. The number of thiophene rings is 2. The number of nitrogens with zero attached hydrogens (tertiary/aromatic N) is 3. The third kappa shape index (κ3) is 2.88. The number of terminal acetylenes is 1. The quantitative estimate of drug-likeness (QED) is 0.717. The van der Waals surface area contributed by atoms with E-state index in [1.807, 2.05) is 41.1 Å². The number of amidine groups is 1. The van der Waals surface area contributed by atoms with Crippen molar-refractivity contribution in [2.24, 2.45) is 15.7 Å². The van der Waals surface area contributed by atoms with Gasteiger partial charge in [0.1, 0.15) is 11.9 Å². The first-order chi connectivity index (χ1) is 12.3. The Morgan fingerprint density at radius 3 is 2.72 bits per heavy atom. The maximum absolute atomic E-state index is 6.30. The predicted molar refractivity (Wildman–Crippen MR) is 105 cm³/mol. The molecule has 0 spiro atoms. The molecular formula is C19H14N4S2. The summed E-state index contributed by atoms with van der Waals surface area (Å²) in [5, 5.41) is 4.05. The fourth-order valence-electron chi connectivity index (χ4n) is 2.79. The smallest absolute Gasteiger partial charge is 0.163 e. The van der Waals surface area contributed by atoms with Crippen LogP contribution in [0.15, 0.2) is 57.3 Å². The van der Waals surface area contributed by atoms with E-state index >= 15 is 0 Å². The second kappa shape index (κ2) is 6.63. The first-order valence-corrected chi connectivity index (χ1v) is 9.44. The van der Waals surface area contributed by atoms with Crippen LogP contribution in [0.3, 0.4) is 0 Å². The zero-order chi connectivity index (χ0) is 17.2. The van der Waals surface area contributed by atoms with Crippen LogP contribution in [-0.4, -0.2) is 16.5 Å². The van der Waals surface area contributed by atoms with Crippen LogP contribution in [0.2, 0.25) is 0 Å². The maximum atomic E-state index is 6.30. The van der Waals surface area contributed by atoms with Gasteiger partial charge < -0.3 is 5.73 Å². The highest BCUT2D eigenvalue weighted by Crippen LogP contribution is 2.34. The molecule has 4 heterocycles. The molecule has 1 aliphatic heterocycles. The molecule has 0 fully saturated rings. The van der Waals surface area contributed by atoms with Gasteiger partial charge in [-0.3, -0.25) is 4.99 Å². The summed E-state index contributed by atoms with van der Waals surface area (Å²) in [6, 6.07) is 9.69. The minimum Gasteiger partial charge on any atom is -0.385 e. The Morgan fingerprint density at radius 2 is 2.00 bits per heavy atom. The van der Waals surface area contributed by atoms with E-state index in [1.54, 1.807) is 28.9 Å². The summed E-state index contributed by atoms with van der Waals surface area (Å²) < 4.78 is 0. The fraction of sp³-hybridized carbons (Fsp3) is 0.105. The lowest BCUT2D eigenvalue weighted by atomic mass is 10.0. The number of aromatic nitrogens is 1. The molecule has 0 saturated carbocycles. The third-order valence-electron chi connectivity index (χ3n) is 3.89. The number of aliphatic imine (C=N–C) groups is 2. The highest BCUT2D eigenvalue weighted by atomic mass is 32.1. The van der Waals surface area contributed by atoms with E-state index in [9.17, 15) is 0 Å². The molecule has 4 nitrogen and oxygen atoms in total. The van der Waals surface area contributed by atoms with Crippen molar-refractivity contribution in [2.75, 3.05) is 0 Å². The largest absolute Gasteiger partial charge is 0.385 e. The van der Waals surface area contributed by atoms with Gasteiger partial charge in [0.15, 0.2) is 5.82 Å². The summed E-state index contributed by atoms with van der Waals surface area (Å²) in [7, 11) is 0. The lowest BCUT2D eigenvalue weighted by molar-refractivity contribution is 0.978. The molecule has 25 heavy (non-hydrogen) atoms. The van der Waals surface area contributed by atoms with Crippen molar-refractivity contribution in [2.45, 2.75) is 12.5 Å². The normalized spacial score (nSPS) is 16.4. The predicted octanol–water partition coefficient (Wildman–Crippen LogP) is 3.96. The molecule has 1 atom stereocenters. The average molecular weight is 362 g/mol. The standard InChI is InChI=1S/C19H14N4S2/c1-2-5-12-8-9-21-19-15(12)16(13-6-3-10-24-13)22-17(18(20)23-19)14-7-4-11-25-14/h1,3-4,6-11,17H,5H2,(H2,20,21,23). The molecule has 1 aliphatic rings. The van der Waals surface area contributed by atoms with Gasteiger partial charge in [-0.05, 0) is 34.5 Å². The van der Waals surface area contributed by atoms with E-state index in [1.165, 1.54) is 0 Å². The Morgan fingerprint density at radius 1 is 1.16 bits per heavy atom. The molecule has 3 aromatic heterocycles. The molecular weight excluding hydrogens is 348 g/mol. The first kappa shape index (κ1) is 15.8. The summed E-state index contributed by atoms with van der Waals surface area (Å²) in [6.45, 7) is 0. The Kier molecular flexibility index (Phi) is 4.18. The number of nitrogens with two attached hydrogens (primary N) is 1. The molecule has 2 N–H and O–H groups in total. The number of rotatable bonds is 3. The van der Waals surface area contributed by atoms with Crippen LogP contribution >= 0.6 is 22.7 Å². The van der Waals surface area contributed by atoms with Gasteiger partial charge in [-0.1, -0.05) is 12.1 Å². The van der Waals surface area contributed by atoms with Gasteiger partial charge in [0.25, 0.3) is 0 Å². The molecule has 0 saturated heterocycles. The van der Waals surface area contributed by atoms with Gasteiger partial charge in [0.05, 0.1) is 16.2 Å². The van der Waals surface area contributed by atoms with Crippen LogP contribution in [0.4, 0.5) is 5.82 Å². The molecule has 0 aromatic carbocycles. The number of fused-ring (bicyclic) bond motifs is 1. The van der Waals surface area contributed by atoms with E-state index in [0.717, 1.165) is 26.6 Å². The second-order valence-electron chi connectivity index (χ2n) is 5.46. The Labute approximate surface area is 153 Å². The van der Waals surface area contributed by atoms with Crippen molar-refractivity contribution < 1.29 is 0 Å². The summed E-state index contributed by atoms with van der Waals surface area (Å²) in [6.07, 6.45) is 7.78. The molecule has 0 radical (unpaired) electrons.